The number of amides is 1. The third-order valence-corrected chi connectivity index (χ3v) is 3.97. The first-order chi connectivity index (χ1) is 12.5. The van der Waals surface area contributed by atoms with E-state index in [1.807, 2.05) is 31.2 Å². The lowest BCUT2D eigenvalue weighted by Gasteiger charge is -2.17. The minimum atomic E-state index is -0.0641. The molecule has 0 aliphatic heterocycles. The summed E-state index contributed by atoms with van der Waals surface area (Å²) < 4.78 is 10.8. The van der Waals surface area contributed by atoms with E-state index in [1.165, 1.54) is 5.56 Å². The van der Waals surface area contributed by atoms with Crippen LogP contribution in [0, 0.1) is 13.8 Å². The summed E-state index contributed by atoms with van der Waals surface area (Å²) in [6, 6.07) is 15.0. The summed E-state index contributed by atoms with van der Waals surface area (Å²) in [7, 11) is 1.76. The number of aryl methyl sites for hydroxylation is 2. The number of benzene rings is 2. The van der Waals surface area contributed by atoms with Gasteiger partial charge in [0.05, 0.1) is 6.54 Å². The molecule has 0 fully saturated rings. The molecule has 0 bridgehead atoms. The Kier molecular flexibility index (Phi) is 5.31. The normalized spacial score (nSPS) is 10.6. The summed E-state index contributed by atoms with van der Waals surface area (Å²) in [4.78, 5) is 18.3. The monoisotopic (exact) mass is 351 g/mol. The summed E-state index contributed by atoms with van der Waals surface area (Å²) in [6.45, 7) is 4.72. The van der Waals surface area contributed by atoms with Crippen LogP contribution in [0.15, 0.2) is 53.1 Å². The number of ether oxygens (including phenoxy) is 1. The molecular formula is C20H21N3O3. The lowest BCUT2D eigenvalue weighted by Crippen LogP contribution is -2.30. The van der Waals surface area contributed by atoms with Crippen LogP contribution in [-0.2, 0) is 0 Å². The van der Waals surface area contributed by atoms with E-state index in [9.17, 15) is 4.79 Å². The molecule has 1 amide bonds. The highest BCUT2D eigenvalue weighted by atomic mass is 16.5. The first kappa shape index (κ1) is 17.7. The van der Waals surface area contributed by atoms with Crippen molar-refractivity contribution in [3.05, 3.63) is 65.5 Å². The second kappa shape index (κ2) is 7.82. The maximum atomic E-state index is 12.5. The Balaban J connectivity index is 1.55. The van der Waals surface area contributed by atoms with E-state index in [4.69, 9.17) is 9.26 Å². The van der Waals surface area contributed by atoms with Crippen LogP contribution in [0.5, 0.6) is 5.75 Å². The molecule has 134 valence electrons. The third-order valence-electron chi connectivity index (χ3n) is 3.97. The van der Waals surface area contributed by atoms with Crippen molar-refractivity contribution in [2.24, 2.45) is 0 Å². The average Bonchev–Trinajstić information content (AvgIpc) is 3.09. The Morgan fingerprint density at radius 3 is 2.38 bits per heavy atom. The van der Waals surface area contributed by atoms with Crippen molar-refractivity contribution in [1.82, 2.24) is 15.0 Å². The van der Waals surface area contributed by atoms with Crippen LogP contribution in [0.2, 0.25) is 0 Å². The van der Waals surface area contributed by atoms with Gasteiger partial charge in [0.2, 0.25) is 0 Å². The number of hydrogen-bond acceptors (Lipinski definition) is 5. The van der Waals surface area contributed by atoms with Gasteiger partial charge in [-0.15, -0.1) is 0 Å². The molecule has 3 aromatic rings. The molecule has 0 unspecified atom stereocenters. The number of nitrogens with zero attached hydrogens (tertiary/aromatic N) is 3. The first-order valence-corrected chi connectivity index (χ1v) is 8.38. The molecule has 0 saturated heterocycles. The lowest BCUT2D eigenvalue weighted by molar-refractivity contribution is 0.0774. The van der Waals surface area contributed by atoms with Gasteiger partial charge in [-0.25, -0.2) is 0 Å². The van der Waals surface area contributed by atoms with Crippen molar-refractivity contribution in [3.8, 4) is 17.2 Å². The van der Waals surface area contributed by atoms with Gasteiger partial charge >= 0.3 is 0 Å². The Bertz CT molecular complexity index is 870. The van der Waals surface area contributed by atoms with Crippen LogP contribution in [0.25, 0.3) is 11.5 Å². The molecule has 0 N–H and O–H groups in total. The minimum absolute atomic E-state index is 0.0641. The van der Waals surface area contributed by atoms with Crippen LogP contribution in [-0.4, -0.2) is 41.1 Å². The Morgan fingerprint density at radius 2 is 1.77 bits per heavy atom. The maximum Gasteiger partial charge on any atom is 0.257 e. The summed E-state index contributed by atoms with van der Waals surface area (Å²) in [5.74, 6) is 1.76. The summed E-state index contributed by atoms with van der Waals surface area (Å²) in [5.41, 5.74) is 2.57. The number of carbonyl (C=O) groups excluding carboxylic acids is 1. The number of aromatic nitrogens is 2. The van der Waals surface area contributed by atoms with Gasteiger partial charge in [-0.3, -0.25) is 4.79 Å². The minimum Gasteiger partial charge on any atom is -0.492 e. The Morgan fingerprint density at radius 1 is 1.08 bits per heavy atom. The van der Waals surface area contributed by atoms with E-state index < -0.39 is 0 Å². The first-order valence-electron chi connectivity index (χ1n) is 8.38. The van der Waals surface area contributed by atoms with Gasteiger partial charge in [0, 0.05) is 18.2 Å². The molecule has 3 rings (SSSR count). The van der Waals surface area contributed by atoms with Crippen molar-refractivity contribution < 1.29 is 14.1 Å². The highest BCUT2D eigenvalue weighted by Gasteiger charge is 2.13. The SMILES string of the molecule is Cc1ccc(OCCN(C)C(=O)c2ccc(-c3nc(C)no3)cc2)cc1. The summed E-state index contributed by atoms with van der Waals surface area (Å²) in [5, 5.41) is 3.77. The molecule has 2 aromatic carbocycles. The van der Waals surface area contributed by atoms with Gasteiger partial charge in [-0.2, -0.15) is 4.98 Å². The molecule has 0 atom stereocenters. The molecule has 0 spiro atoms. The van der Waals surface area contributed by atoms with Gasteiger partial charge in [0.15, 0.2) is 5.82 Å². The van der Waals surface area contributed by atoms with Gasteiger partial charge in [0.25, 0.3) is 11.8 Å². The molecule has 0 saturated carbocycles. The van der Waals surface area contributed by atoms with Crippen LogP contribution in [0.4, 0.5) is 0 Å². The molecular weight excluding hydrogens is 330 g/mol. The lowest BCUT2D eigenvalue weighted by atomic mass is 10.1. The van der Waals surface area contributed by atoms with Crippen LogP contribution >= 0.6 is 0 Å². The zero-order valence-electron chi connectivity index (χ0n) is 15.1. The topological polar surface area (TPSA) is 68.5 Å². The fourth-order valence-electron chi connectivity index (χ4n) is 2.43. The van der Waals surface area contributed by atoms with E-state index >= 15 is 0 Å². The molecule has 0 radical (unpaired) electrons. The van der Waals surface area contributed by atoms with E-state index in [1.54, 1.807) is 43.1 Å². The standard InChI is InChI=1S/C20H21N3O3/c1-14-4-10-18(11-5-14)25-13-12-23(3)20(24)17-8-6-16(7-9-17)19-21-15(2)22-26-19/h4-11H,12-13H2,1-3H3. The quantitative estimate of drug-likeness (QED) is 0.680. The highest BCUT2D eigenvalue weighted by molar-refractivity contribution is 5.94. The number of likely N-dealkylation sites (N-methyl/N-ethyl adjacent to an activating group) is 1. The second-order valence-electron chi connectivity index (χ2n) is 6.11. The fourth-order valence-corrected chi connectivity index (χ4v) is 2.43. The van der Waals surface area contributed by atoms with Crippen LogP contribution < -0.4 is 4.74 Å². The summed E-state index contributed by atoms with van der Waals surface area (Å²) in [6.07, 6.45) is 0. The molecule has 0 aliphatic rings. The number of hydrogen-bond donors (Lipinski definition) is 0. The van der Waals surface area contributed by atoms with Crippen LogP contribution in [0.1, 0.15) is 21.7 Å². The van der Waals surface area contributed by atoms with Gasteiger partial charge in [-0.1, -0.05) is 22.9 Å². The molecule has 6 heteroatoms. The second-order valence-corrected chi connectivity index (χ2v) is 6.11. The largest absolute Gasteiger partial charge is 0.492 e. The average molecular weight is 351 g/mol. The zero-order chi connectivity index (χ0) is 18.5. The predicted molar refractivity (Wildman–Crippen MR) is 98.1 cm³/mol. The molecule has 6 nitrogen and oxygen atoms in total. The Labute approximate surface area is 152 Å². The van der Waals surface area contributed by atoms with Gasteiger partial charge in [0.1, 0.15) is 12.4 Å². The number of rotatable bonds is 6. The van der Waals surface area contributed by atoms with Crippen molar-refractivity contribution in [1.29, 1.82) is 0 Å². The van der Waals surface area contributed by atoms with E-state index in [0.29, 0.717) is 30.4 Å². The summed E-state index contributed by atoms with van der Waals surface area (Å²) >= 11 is 0. The molecule has 1 heterocycles. The van der Waals surface area contributed by atoms with Crippen LogP contribution in [0.3, 0.4) is 0 Å². The molecule has 0 aliphatic carbocycles. The number of carbonyl (C=O) groups is 1. The zero-order valence-corrected chi connectivity index (χ0v) is 15.1. The van der Waals surface area contributed by atoms with Crippen molar-refractivity contribution in [3.63, 3.8) is 0 Å². The van der Waals surface area contributed by atoms with Crippen molar-refractivity contribution in [2.75, 3.05) is 20.2 Å². The van der Waals surface area contributed by atoms with Gasteiger partial charge < -0.3 is 14.2 Å². The van der Waals surface area contributed by atoms with Crippen molar-refractivity contribution in [2.45, 2.75) is 13.8 Å². The highest BCUT2D eigenvalue weighted by Crippen LogP contribution is 2.18. The fraction of sp³-hybridized carbons (Fsp3) is 0.250. The van der Waals surface area contributed by atoms with E-state index in [-0.39, 0.29) is 5.91 Å². The van der Waals surface area contributed by atoms with E-state index in [0.717, 1.165) is 11.3 Å². The Hall–Kier alpha value is -3.15. The van der Waals surface area contributed by atoms with Crippen molar-refractivity contribution >= 4 is 5.91 Å². The third kappa shape index (κ3) is 4.27. The smallest absolute Gasteiger partial charge is 0.257 e. The molecule has 26 heavy (non-hydrogen) atoms. The maximum absolute atomic E-state index is 12.5. The predicted octanol–water partition coefficient (Wildman–Crippen LogP) is 3.50. The molecule has 1 aromatic heterocycles. The van der Waals surface area contributed by atoms with E-state index in [2.05, 4.69) is 10.1 Å². The van der Waals surface area contributed by atoms with Gasteiger partial charge in [-0.05, 0) is 50.2 Å².